The average Bonchev–Trinajstić information content (AvgIpc) is 2.92. The summed E-state index contributed by atoms with van der Waals surface area (Å²) in [5.41, 5.74) is 1.28. The molecular formula is C30H35ClFN3O4S. The third-order valence-corrected chi connectivity index (χ3v) is 8.37. The largest absolute Gasteiger partial charge is 0.354 e. The van der Waals surface area contributed by atoms with Crippen LogP contribution in [0, 0.1) is 18.7 Å². The number of sulfonamides is 1. The van der Waals surface area contributed by atoms with Crippen molar-refractivity contribution in [3.8, 4) is 0 Å². The summed E-state index contributed by atoms with van der Waals surface area (Å²) in [4.78, 5) is 28.4. The van der Waals surface area contributed by atoms with Gasteiger partial charge >= 0.3 is 0 Å². The van der Waals surface area contributed by atoms with Gasteiger partial charge in [-0.05, 0) is 61.2 Å². The molecule has 3 aromatic carbocycles. The van der Waals surface area contributed by atoms with Gasteiger partial charge in [-0.15, -0.1) is 0 Å². The predicted octanol–water partition coefficient (Wildman–Crippen LogP) is 5.56. The Bertz CT molecular complexity index is 1410. The molecule has 0 radical (unpaired) electrons. The van der Waals surface area contributed by atoms with Crippen molar-refractivity contribution < 1.29 is 22.4 Å². The van der Waals surface area contributed by atoms with Crippen molar-refractivity contribution in [3.63, 3.8) is 0 Å². The molecular weight excluding hydrogens is 553 g/mol. The molecule has 0 unspecified atom stereocenters. The van der Waals surface area contributed by atoms with Crippen molar-refractivity contribution in [2.75, 3.05) is 17.4 Å². The molecule has 0 aliphatic rings. The van der Waals surface area contributed by atoms with Crippen LogP contribution in [-0.2, 0) is 26.2 Å². The number of para-hydroxylation sites is 1. The van der Waals surface area contributed by atoms with Gasteiger partial charge in [-0.1, -0.05) is 74.3 Å². The molecule has 0 heterocycles. The number of nitrogens with one attached hydrogen (secondary N) is 1. The van der Waals surface area contributed by atoms with Crippen LogP contribution in [0.4, 0.5) is 10.1 Å². The van der Waals surface area contributed by atoms with Crippen LogP contribution >= 0.6 is 11.6 Å². The molecule has 3 aromatic rings. The normalized spacial score (nSPS) is 12.2. The first-order valence-electron chi connectivity index (χ1n) is 13.1. The van der Waals surface area contributed by atoms with Crippen LogP contribution in [0.1, 0.15) is 38.3 Å². The summed E-state index contributed by atoms with van der Waals surface area (Å²) >= 11 is 6.04. The van der Waals surface area contributed by atoms with Gasteiger partial charge in [0.1, 0.15) is 18.4 Å². The first kappa shape index (κ1) is 31.1. The molecule has 1 atom stereocenters. The van der Waals surface area contributed by atoms with E-state index in [1.165, 1.54) is 35.2 Å². The fourth-order valence-electron chi connectivity index (χ4n) is 4.13. The first-order valence-corrected chi connectivity index (χ1v) is 14.9. The highest BCUT2D eigenvalue weighted by Crippen LogP contribution is 2.27. The fourth-order valence-corrected chi connectivity index (χ4v) is 5.68. The third kappa shape index (κ3) is 7.82. The maximum absolute atomic E-state index is 15.0. The highest BCUT2D eigenvalue weighted by molar-refractivity contribution is 7.92. The molecule has 0 aliphatic carbocycles. The summed E-state index contributed by atoms with van der Waals surface area (Å²) in [5, 5.41) is 3.39. The van der Waals surface area contributed by atoms with Gasteiger partial charge < -0.3 is 10.2 Å². The van der Waals surface area contributed by atoms with E-state index in [0.717, 1.165) is 15.9 Å². The number of hydrogen-bond donors (Lipinski definition) is 1. The van der Waals surface area contributed by atoms with E-state index in [0.29, 0.717) is 17.1 Å². The van der Waals surface area contributed by atoms with Crippen molar-refractivity contribution >= 4 is 39.1 Å². The molecule has 1 N–H and O–H groups in total. The molecule has 0 spiro atoms. The summed E-state index contributed by atoms with van der Waals surface area (Å²) in [6.07, 6.45) is 0.285. The maximum atomic E-state index is 15.0. The first-order chi connectivity index (χ1) is 18.9. The van der Waals surface area contributed by atoms with Crippen LogP contribution in [0.25, 0.3) is 0 Å². The fraction of sp³-hybridized carbons (Fsp3) is 0.333. The highest BCUT2D eigenvalue weighted by Gasteiger charge is 2.34. The predicted molar refractivity (Wildman–Crippen MR) is 156 cm³/mol. The molecule has 0 saturated heterocycles. The number of benzene rings is 3. The summed E-state index contributed by atoms with van der Waals surface area (Å²) in [6.45, 7) is 7.25. The van der Waals surface area contributed by atoms with Crippen molar-refractivity contribution in [1.29, 1.82) is 0 Å². The lowest BCUT2D eigenvalue weighted by Crippen LogP contribution is -2.52. The van der Waals surface area contributed by atoms with E-state index in [9.17, 15) is 18.0 Å². The molecule has 10 heteroatoms. The summed E-state index contributed by atoms with van der Waals surface area (Å²) in [7, 11) is -4.35. The minimum Gasteiger partial charge on any atom is -0.354 e. The second-order valence-electron chi connectivity index (χ2n) is 9.99. The van der Waals surface area contributed by atoms with Crippen LogP contribution in [0.2, 0.25) is 5.02 Å². The molecule has 0 fully saturated rings. The Hall–Kier alpha value is -3.43. The Morgan fingerprint density at radius 2 is 1.60 bits per heavy atom. The lowest BCUT2D eigenvalue weighted by molar-refractivity contribution is -0.140. The summed E-state index contributed by atoms with van der Waals surface area (Å²) in [5.74, 6) is -1.60. The van der Waals surface area contributed by atoms with E-state index in [1.54, 1.807) is 43.3 Å². The van der Waals surface area contributed by atoms with Crippen LogP contribution in [0.5, 0.6) is 0 Å². The Morgan fingerprint density at radius 1 is 0.975 bits per heavy atom. The standard InChI is InChI=1S/C30H35ClFN3O4S/c1-5-27(30(37)33-18-21(2)3)34(19-23-12-14-24(31)15-13-23)29(36)20-35(28-9-7-6-8-26(28)32)40(38,39)25-16-10-22(4)11-17-25/h6-17,21,27H,5,18-20H2,1-4H3,(H,33,37)/t27-/m1/s1. The van der Waals surface area contributed by atoms with Crippen LogP contribution < -0.4 is 9.62 Å². The molecule has 40 heavy (non-hydrogen) atoms. The van der Waals surface area contributed by atoms with Gasteiger partial charge in [0.2, 0.25) is 11.8 Å². The number of amides is 2. The van der Waals surface area contributed by atoms with Crippen LogP contribution in [0.3, 0.4) is 0 Å². The molecule has 2 amide bonds. The number of anilines is 1. The second-order valence-corrected chi connectivity index (χ2v) is 12.3. The molecule has 214 valence electrons. The number of carbonyl (C=O) groups excluding carboxylic acids is 2. The molecule has 0 aliphatic heterocycles. The van der Waals surface area contributed by atoms with E-state index >= 15 is 4.39 Å². The Kier molecular flexibility index (Phi) is 10.7. The Balaban J connectivity index is 2.05. The number of halogens is 2. The van der Waals surface area contributed by atoms with E-state index < -0.39 is 34.3 Å². The number of nitrogens with zero attached hydrogens (tertiary/aromatic N) is 2. The molecule has 7 nitrogen and oxygen atoms in total. The minimum atomic E-state index is -4.35. The second kappa shape index (κ2) is 13.8. The van der Waals surface area contributed by atoms with E-state index in [-0.39, 0.29) is 35.4 Å². The maximum Gasteiger partial charge on any atom is 0.264 e. The molecule has 0 saturated carbocycles. The van der Waals surface area contributed by atoms with Crippen LogP contribution in [-0.4, -0.2) is 44.3 Å². The zero-order valence-corrected chi connectivity index (χ0v) is 24.7. The van der Waals surface area contributed by atoms with E-state index in [4.69, 9.17) is 11.6 Å². The summed E-state index contributed by atoms with van der Waals surface area (Å²) < 4.78 is 43.4. The van der Waals surface area contributed by atoms with Crippen molar-refractivity contribution in [1.82, 2.24) is 10.2 Å². The summed E-state index contributed by atoms with van der Waals surface area (Å²) in [6, 6.07) is 17.4. The van der Waals surface area contributed by atoms with Gasteiger partial charge in [0, 0.05) is 18.1 Å². The molecule has 0 aromatic heterocycles. The number of carbonyl (C=O) groups is 2. The van der Waals surface area contributed by atoms with Gasteiger partial charge in [0.05, 0.1) is 10.6 Å². The topological polar surface area (TPSA) is 86.8 Å². The van der Waals surface area contributed by atoms with Crippen molar-refractivity contribution in [2.24, 2.45) is 5.92 Å². The Morgan fingerprint density at radius 3 is 2.17 bits per heavy atom. The zero-order chi connectivity index (χ0) is 29.4. The van der Waals surface area contributed by atoms with E-state index in [1.807, 2.05) is 20.8 Å². The lowest BCUT2D eigenvalue weighted by atomic mass is 10.1. The zero-order valence-electron chi connectivity index (χ0n) is 23.1. The molecule has 0 bridgehead atoms. The smallest absolute Gasteiger partial charge is 0.264 e. The quantitative estimate of drug-likeness (QED) is 0.300. The number of rotatable bonds is 12. The van der Waals surface area contributed by atoms with Gasteiger partial charge in [-0.3, -0.25) is 13.9 Å². The molecule has 3 rings (SSSR count). The average molecular weight is 588 g/mol. The highest BCUT2D eigenvalue weighted by atomic mass is 35.5. The Labute approximate surface area is 241 Å². The van der Waals surface area contributed by atoms with Crippen molar-refractivity contribution in [3.05, 3.63) is 94.8 Å². The van der Waals surface area contributed by atoms with Gasteiger partial charge in [-0.25, -0.2) is 12.8 Å². The lowest BCUT2D eigenvalue weighted by Gasteiger charge is -2.33. The number of aryl methyl sites for hydroxylation is 1. The van der Waals surface area contributed by atoms with Crippen molar-refractivity contribution in [2.45, 2.75) is 51.6 Å². The van der Waals surface area contributed by atoms with Gasteiger partial charge in [0.15, 0.2) is 0 Å². The van der Waals surface area contributed by atoms with Gasteiger partial charge in [0.25, 0.3) is 10.0 Å². The van der Waals surface area contributed by atoms with Crippen LogP contribution in [0.15, 0.2) is 77.7 Å². The minimum absolute atomic E-state index is 0.0271. The van der Waals surface area contributed by atoms with E-state index in [2.05, 4.69) is 5.32 Å². The SMILES string of the molecule is CC[C@H](C(=O)NCC(C)C)N(Cc1ccc(Cl)cc1)C(=O)CN(c1ccccc1F)S(=O)(=O)c1ccc(C)cc1. The monoisotopic (exact) mass is 587 g/mol. The third-order valence-electron chi connectivity index (χ3n) is 6.35. The number of hydrogen-bond acceptors (Lipinski definition) is 4. The van der Waals surface area contributed by atoms with Gasteiger partial charge in [-0.2, -0.15) is 0 Å².